The monoisotopic (exact) mass is 492 g/mol. The van der Waals surface area contributed by atoms with Crippen LogP contribution < -0.4 is 9.47 Å². The number of esters is 1. The molecule has 190 valence electrons. The molecule has 2 fully saturated rings. The standard InChI is InChI=1S/C28H32F4O3/c1-2-3-4-18-5-6-20-16-21(8-7-19(20)15-18)25-14-9-22(17-26(25)29)27(33)34-23-10-12-24(13-11-23)35-28(30,31)32/h9-14,17-21H,2-8,15-16H2,1H3/t18-,19-,20+,21?/m0/s1. The maximum absolute atomic E-state index is 15.0. The van der Waals surface area contributed by atoms with Gasteiger partial charge in [-0.1, -0.05) is 38.7 Å². The summed E-state index contributed by atoms with van der Waals surface area (Å²) in [7, 11) is 0. The van der Waals surface area contributed by atoms with Crippen LogP contribution in [0.25, 0.3) is 0 Å². The summed E-state index contributed by atoms with van der Waals surface area (Å²) in [6.07, 6.45) is 6.02. The summed E-state index contributed by atoms with van der Waals surface area (Å²) >= 11 is 0. The Morgan fingerprint density at radius 2 is 1.63 bits per heavy atom. The third-order valence-electron chi connectivity index (χ3n) is 7.63. The van der Waals surface area contributed by atoms with E-state index in [9.17, 15) is 18.0 Å². The van der Waals surface area contributed by atoms with E-state index in [4.69, 9.17) is 4.74 Å². The Kier molecular flexibility index (Phi) is 8.02. The highest BCUT2D eigenvalue weighted by atomic mass is 19.4. The van der Waals surface area contributed by atoms with Crippen molar-refractivity contribution in [2.24, 2.45) is 17.8 Å². The second kappa shape index (κ2) is 11.0. The first-order valence-electron chi connectivity index (χ1n) is 12.6. The van der Waals surface area contributed by atoms with Crippen LogP contribution >= 0.6 is 0 Å². The van der Waals surface area contributed by atoms with Crippen molar-refractivity contribution in [1.29, 1.82) is 0 Å². The zero-order chi connectivity index (χ0) is 25.0. The zero-order valence-corrected chi connectivity index (χ0v) is 20.0. The summed E-state index contributed by atoms with van der Waals surface area (Å²) in [5.74, 6) is 0.867. The topological polar surface area (TPSA) is 35.5 Å². The number of halogens is 4. The minimum Gasteiger partial charge on any atom is -0.423 e. The molecule has 0 heterocycles. The van der Waals surface area contributed by atoms with Crippen molar-refractivity contribution < 1.29 is 31.8 Å². The Morgan fingerprint density at radius 1 is 0.943 bits per heavy atom. The molecule has 2 aliphatic carbocycles. The van der Waals surface area contributed by atoms with Crippen molar-refractivity contribution in [3.8, 4) is 11.5 Å². The highest BCUT2D eigenvalue weighted by Crippen LogP contribution is 2.48. The predicted octanol–water partition coefficient (Wildman–Crippen LogP) is 8.43. The van der Waals surface area contributed by atoms with Crippen molar-refractivity contribution in [3.63, 3.8) is 0 Å². The fourth-order valence-electron chi connectivity index (χ4n) is 5.88. The normalized spacial score (nSPS) is 24.5. The van der Waals surface area contributed by atoms with Gasteiger partial charge in [0.25, 0.3) is 0 Å². The van der Waals surface area contributed by atoms with E-state index in [0.29, 0.717) is 11.5 Å². The number of carbonyl (C=O) groups excluding carboxylic acids is 1. The molecule has 2 aromatic carbocycles. The van der Waals surface area contributed by atoms with E-state index in [2.05, 4.69) is 11.7 Å². The van der Waals surface area contributed by atoms with Crippen molar-refractivity contribution in [1.82, 2.24) is 0 Å². The van der Waals surface area contributed by atoms with Gasteiger partial charge in [-0.15, -0.1) is 13.2 Å². The fraction of sp³-hybridized carbons (Fsp3) is 0.536. The lowest BCUT2D eigenvalue weighted by Gasteiger charge is -2.42. The molecule has 2 saturated carbocycles. The lowest BCUT2D eigenvalue weighted by Crippen LogP contribution is -2.30. The molecule has 0 spiro atoms. The second-order valence-corrected chi connectivity index (χ2v) is 10.00. The second-order valence-electron chi connectivity index (χ2n) is 10.00. The predicted molar refractivity (Wildman–Crippen MR) is 125 cm³/mol. The number of alkyl halides is 3. The highest BCUT2D eigenvalue weighted by Gasteiger charge is 2.36. The Hall–Kier alpha value is -2.57. The number of benzene rings is 2. The van der Waals surface area contributed by atoms with Crippen molar-refractivity contribution in [2.45, 2.75) is 77.0 Å². The van der Waals surface area contributed by atoms with E-state index in [1.807, 2.05) is 0 Å². The quantitative estimate of drug-likeness (QED) is 0.221. The van der Waals surface area contributed by atoms with Gasteiger partial charge in [0, 0.05) is 0 Å². The van der Waals surface area contributed by atoms with Crippen LogP contribution in [0.4, 0.5) is 17.6 Å². The van der Waals surface area contributed by atoms with Crippen LogP contribution in [0.3, 0.4) is 0 Å². The molecule has 0 N–H and O–H groups in total. The number of unbranched alkanes of at least 4 members (excludes halogenated alkanes) is 1. The van der Waals surface area contributed by atoms with Crippen LogP contribution in [-0.4, -0.2) is 12.3 Å². The maximum atomic E-state index is 15.0. The maximum Gasteiger partial charge on any atom is 0.573 e. The smallest absolute Gasteiger partial charge is 0.423 e. The largest absolute Gasteiger partial charge is 0.573 e. The third-order valence-corrected chi connectivity index (χ3v) is 7.63. The number of hydrogen-bond acceptors (Lipinski definition) is 3. The van der Waals surface area contributed by atoms with Crippen LogP contribution in [0.2, 0.25) is 0 Å². The Bertz CT molecular complexity index is 1000. The Morgan fingerprint density at radius 3 is 2.31 bits per heavy atom. The summed E-state index contributed by atoms with van der Waals surface area (Å²) in [6, 6.07) is 8.94. The lowest BCUT2D eigenvalue weighted by molar-refractivity contribution is -0.274. The summed E-state index contributed by atoms with van der Waals surface area (Å²) in [4.78, 5) is 12.5. The molecule has 7 heteroatoms. The van der Waals surface area contributed by atoms with E-state index < -0.39 is 23.9 Å². The van der Waals surface area contributed by atoms with Gasteiger partial charge in [0.2, 0.25) is 0 Å². The minimum absolute atomic E-state index is 0.0434. The van der Waals surface area contributed by atoms with Crippen LogP contribution in [0.5, 0.6) is 11.5 Å². The highest BCUT2D eigenvalue weighted by molar-refractivity contribution is 5.91. The SMILES string of the molecule is CCCC[C@H]1CC[C@@H]2CC(c3ccc(C(=O)Oc4ccc(OC(F)(F)F)cc4)cc3F)CC[C@H]2C1. The number of rotatable bonds is 7. The van der Waals surface area contributed by atoms with Crippen molar-refractivity contribution in [2.75, 3.05) is 0 Å². The first-order chi connectivity index (χ1) is 16.7. The molecule has 1 unspecified atom stereocenters. The van der Waals surface area contributed by atoms with Crippen molar-refractivity contribution in [3.05, 3.63) is 59.4 Å². The van der Waals surface area contributed by atoms with E-state index in [0.717, 1.165) is 43.2 Å². The number of hydrogen-bond donors (Lipinski definition) is 0. The van der Waals surface area contributed by atoms with Gasteiger partial charge in [-0.25, -0.2) is 9.18 Å². The third kappa shape index (κ3) is 6.77. The molecular weight excluding hydrogens is 460 g/mol. The first-order valence-corrected chi connectivity index (χ1v) is 12.6. The van der Waals surface area contributed by atoms with Gasteiger partial charge in [0.15, 0.2) is 0 Å². The van der Waals surface area contributed by atoms with Crippen molar-refractivity contribution >= 4 is 5.97 Å². The summed E-state index contributed by atoms with van der Waals surface area (Å²) in [6.45, 7) is 2.24. The number of carbonyl (C=O) groups is 1. The molecule has 0 saturated heterocycles. The van der Waals surface area contributed by atoms with Gasteiger partial charge < -0.3 is 9.47 Å². The van der Waals surface area contributed by atoms with E-state index in [-0.39, 0.29) is 17.2 Å². The van der Waals surface area contributed by atoms with Gasteiger partial charge >= 0.3 is 12.3 Å². The van der Waals surface area contributed by atoms with Gasteiger partial charge in [0.05, 0.1) is 5.56 Å². The Balaban J connectivity index is 1.34. The van der Waals surface area contributed by atoms with Gasteiger partial charge in [-0.3, -0.25) is 0 Å². The van der Waals surface area contributed by atoms with Crippen LogP contribution in [0, 0.1) is 23.6 Å². The molecule has 2 aromatic rings. The average Bonchev–Trinajstić information content (AvgIpc) is 2.82. The van der Waals surface area contributed by atoms with Crippen LogP contribution in [0.15, 0.2) is 42.5 Å². The minimum atomic E-state index is -4.80. The molecule has 3 nitrogen and oxygen atoms in total. The average molecular weight is 493 g/mol. The first kappa shape index (κ1) is 25.5. The molecule has 35 heavy (non-hydrogen) atoms. The van der Waals surface area contributed by atoms with E-state index in [1.54, 1.807) is 12.1 Å². The Labute approximate surface area is 203 Å². The summed E-state index contributed by atoms with van der Waals surface area (Å²) in [5.41, 5.74) is 0.716. The molecule has 0 bridgehead atoms. The molecule has 0 amide bonds. The van der Waals surface area contributed by atoms with Gasteiger partial charge in [-0.2, -0.15) is 0 Å². The fourth-order valence-corrected chi connectivity index (χ4v) is 5.88. The molecular formula is C28H32F4O3. The molecule has 4 rings (SSSR count). The van der Waals surface area contributed by atoms with Gasteiger partial charge in [0.1, 0.15) is 17.3 Å². The molecule has 2 aliphatic rings. The number of fused-ring (bicyclic) bond motifs is 1. The summed E-state index contributed by atoms with van der Waals surface area (Å²) in [5, 5.41) is 0. The molecule has 4 atom stereocenters. The number of ether oxygens (including phenoxy) is 2. The molecule has 0 aromatic heterocycles. The van der Waals surface area contributed by atoms with Crippen LogP contribution in [0.1, 0.15) is 86.6 Å². The van der Waals surface area contributed by atoms with Crippen LogP contribution in [-0.2, 0) is 0 Å². The zero-order valence-electron chi connectivity index (χ0n) is 20.0. The lowest BCUT2D eigenvalue weighted by atomic mass is 9.63. The molecule has 0 aliphatic heterocycles. The molecule has 0 radical (unpaired) electrons. The van der Waals surface area contributed by atoms with Gasteiger partial charge in [-0.05, 0) is 97.7 Å². The van der Waals surface area contributed by atoms with E-state index >= 15 is 4.39 Å². The van der Waals surface area contributed by atoms with E-state index in [1.165, 1.54) is 56.7 Å². The summed E-state index contributed by atoms with van der Waals surface area (Å²) < 4.78 is 60.8.